The summed E-state index contributed by atoms with van der Waals surface area (Å²) >= 11 is 0. The monoisotopic (exact) mass is 405 g/mol. The van der Waals surface area contributed by atoms with Crippen molar-refractivity contribution in [2.45, 2.75) is 26.3 Å². The number of benzene rings is 2. The molecule has 2 N–H and O–H groups in total. The van der Waals surface area contributed by atoms with Crippen LogP contribution in [0.4, 0.5) is 10.1 Å². The van der Waals surface area contributed by atoms with Crippen LogP contribution in [-0.2, 0) is 11.2 Å². The van der Waals surface area contributed by atoms with E-state index in [0.717, 1.165) is 17.5 Å². The second kappa shape index (κ2) is 9.78. The van der Waals surface area contributed by atoms with Crippen LogP contribution in [0.15, 0.2) is 73.1 Å². The Morgan fingerprint density at radius 2 is 1.57 bits per heavy atom. The summed E-state index contributed by atoms with van der Waals surface area (Å²) in [6.45, 7) is 3.65. The van der Waals surface area contributed by atoms with Gasteiger partial charge in [0.05, 0.1) is 5.56 Å². The van der Waals surface area contributed by atoms with Gasteiger partial charge in [0, 0.05) is 18.1 Å². The summed E-state index contributed by atoms with van der Waals surface area (Å²) < 4.78 is 13.9. The highest BCUT2D eigenvalue weighted by Crippen LogP contribution is 2.15. The summed E-state index contributed by atoms with van der Waals surface area (Å²) in [5, 5.41) is 5.47. The lowest BCUT2D eigenvalue weighted by molar-refractivity contribution is -0.118. The van der Waals surface area contributed by atoms with E-state index in [1.54, 1.807) is 18.5 Å². The number of hydrogen-bond donors (Lipinski definition) is 2. The van der Waals surface area contributed by atoms with E-state index in [-0.39, 0.29) is 17.4 Å². The number of anilines is 1. The largest absolute Gasteiger partial charge is 0.340 e. The maximum atomic E-state index is 13.9. The fourth-order valence-corrected chi connectivity index (χ4v) is 3.06. The zero-order valence-electron chi connectivity index (χ0n) is 16.9. The number of pyridine rings is 1. The lowest BCUT2D eigenvalue weighted by atomic mass is 10.0. The zero-order valence-corrected chi connectivity index (χ0v) is 16.9. The van der Waals surface area contributed by atoms with E-state index in [1.165, 1.54) is 18.2 Å². The van der Waals surface area contributed by atoms with Crippen LogP contribution in [0.25, 0.3) is 0 Å². The average molecular weight is 405 g/mol. The molecular formula is C24H24FN3O2. The van der Waals surface area contributed by atoms with Crippen LogP contribution in [-0.4, -0.2) is 22.8 Å². The number of nitrogens with zero attached hydrogens (tertiary/aromatic N) is 1. The third-order valence-corrected chi connectivity index (χ3v) is 4.73. The van der Waals surface area contributed by atoms with Gasteiger partial charge in [0.25, 0.3) is 5.91 Å². The molecule has 5 nitrogen and oxygen atoms in total. The molecule has 1 unspecified atom stereocenters. The highest BCUT2D eigenvalue weighted by Gasteiger charge is 2.25. The molecule has 0 radical (unpaired) electrons. The third-order valence-electron chi connectivity index (χ3n) is 4.73. The molecule has 0 fully saturated rings. The minimum absolute atomic E-state index is 0.0867. The van der Waals surface area contributed by atoms with Crippen LogP contribution < -0.4 is 10.6 Å². The van der Waals surface area contributed by atoms with E-state index in [1.807, 2.05) is 50.2 Å². The smallest absolute Gasteiger partial charge is 0.254 e. The number of carbonyl (C=O) groups excluding carboxylic acids is 2. The predicted molar refractivity (Wildman–Crippen MR) is 115 cm³/mol. The van der Waals surface area contributed by atoms with Crippen molar-refractivity contribution in [2.24, 2.45) is 5.92 Å². The Labute approximate surface area is 175 Å². The molecule has 0 aliphatic rings. The molecule has 0 aliphatic heterocycles. The maximum absolute atomic E-state index is 13.9. The molecule has 154 valence electrons. The van der Waals surface area contributed by atoms with Crippen molar-refractivity contribution in [3.05, 3.63) is 95.6 Å². The van der Waals surface area contributed by atoms with E-state index in [4.69, 9.17) is 0 Å². The SMILES string of the molecule is CC(C)C(NC(=O)c1ccccc1F)C(=O)Nc1ccc(Cc2ccncc2)cc1. The van der Waals surface area contributed by atoms with Crippen molar-refractivity contribution in [1.82, 2.24) is 10.3 Å². The molecule has 3 rings (SSSR count). The number of rotatable bonds is 7. The lowest BCUT2D eigenvalue weighted by Gasteiger charge is -2.22. The predicted octanol–water partition coefficient (Wildman–Crippen LogP) is 4.20. The molecule has 3 aromatic rings. The first-order chi connectivity index (χ1) is 14.4. The molecule has 2 amide bonds. The van der Waals surface area contributed by atoms with E-state index in [9.17, 15) is 14.0 Å². The van der Waals surface area contributed by atoms with E-state index in [0.29, 0.717) is 5.69 Å². The molecule has 0 spiro atoms. The Morgan fingerprint density at radius 1 is 0.933 bits per heavy atom. The Morgan fingerprint density at radius 3 is 2.20 bits per heavy atom. The standard InChI is InChI=1S/C24H24FN3O2/c1-16(2)22(28-23(29)20-5-3-4-6-21(20)25)24(30)27-19-9-7-17(8-10-19)15-18-11-13-26-14-12-18/h3-14,16,22H,15H2,1-2H3,(H,27,30)(H,28,29). The highest BCUT2D eigenvalue weighted by molar-refractivity contribution is 6.01. The normalized spacial score (nSPS) is 11.7. The lowest BCUT2D eigenvalue weighted by Crippen LogP contribution is -2.47. The second-order valence-corrected chi connectivity index (χ2v) is 7.39. The summed E-state index contributed by atoms with van der Waals surface area (Å²) in [5.41, 5.74) is 2.80. The van der Waals surface area contributed by atoms with Crippen LogP contribution in [0.2, 0.25) is 0 Å². The van der Waals surface area contributed by atoms with Gasteiger partial charge in [0.15, 0.2) is 0 Å². The maximum Gasteiger partial charge on any atom is 0.254 e. The first-order valence-corrected chi connectivity index (χ1v) is 9.78. The third kappa shape index (κ3) is 5.50. The van der Waals surface area contributed by atoms with Gasteiger partial charge in [-0.15, -0.1) is 0 Å². The Hall–Kier alpha value is -3.54. The van der Waals surface area contributed by atoms with Crippen molar-refractivity contribution in [1.29, 1.82) is 0 Å². The fourth-order valence-electron chi connectivity index (χ4n) is 3.06. The first kappa shape index (κ1) is 21.2. The molecule has 6 heteroatoms. The van der Waals surface area contributed by atoms with Gasteiger partial charge < -0.3 is 10.6 Å². The van der Waals surface area contributed by atoms with Crippen molar-refractivity contribution >= 4 is 17.5 Å². The van der Waals surface area contributed by atoms with E-state index >= 15 is 0 Å². The molecule has 1 atom stereocenters. The molecule has 0 saturated heterocycles. The number of amides is 2. The summed E-state index contributed by atoms with van der Waals surface area (Å²) in [5.74, 6) is -1.76. The van der Waals surface area contributed by atoms with E-state index < -0.39 is 17.8 Å². The van der Waals surface area contributed by atoms with Crippen LogP contribution in [0, 0.1) is 11.7 Å². The molecule has 0 aliphatic carbocycles. The number of halogens is 1. The molecular weight excluding hydrogens is 381 g/mol. The van der Waals surface area contributed by atoms with Crippen LogP contribution in [0.5, 0.6) is 0 Å². The van der Waals surface area contributed by atoms with Gasteiger partial charge >= 0.3 is 0 Å². The zero-order chi connectivity index (χ0) is 21.5. The van der Waals surface area contributed by atoms with Crippen molar-refractivity contribution in [3.8, 4) is 0 Å². The minimum atomic E-state index is -0.798. The van der Waals surface area contributed by atoms with Gasteiger partial charge in [-0.3, -0.25) is 14.6 Å². The van der Waals surface area contributed by atoms with Crippen LogP contribution in [0.1, 0.15) is 35.3 Å². The summed E-state index contributed by atoms with van der Waals surface area (Å²) in [4.78, 5) is 29.2. The Balaban J connectivity index is 1.65. The average Bonchev–Trinajstić information content (AvgIpc) is 2.74. The highest BCUT2D eigenvalue weighted by atomic mass is 19.1. The molecule has 1 aromatic heterocycles. The van der Waals surface area contributed by atoms with Crippen LogP contribution >= 0.6 is 0 Å². The Bertz CT molecular complexity index is 1000. The van der Waals surface area contributed by atoms with Crippen molar-refractivity contribution < 1.29 is 14.0 Å². The second-order valence-electron chi connectivity index (χ2n) is 7.39. The molecule has 0 saturated carbocycles. The van der Waals surface area contributed by atoms with Crippen molar-refractivity contribution in [2.75, 3.05) is 5.32 Å². The molecule has 0 bridgehead atoms. The van der Waals surface area contributed by atoms with Gasteiger partial charge in [-0.05, 0) is 59.9 Å². The molecule has 30 heavy (non-hydrogen) atoms. The minimum Gasteiger partial charge on any atom is -0.340 e. The number of hydrogen-bond acceptors (Lipinski definition) is 3. The quantitative estimate of drug-likeness (QED) is 0.619. The topological polar surface area (TPSA) is 71.1 Å². The van der Waals surface area contributed by atoms with E-state index in [2.05, 4.69) is 15.6 Å². The van der Waals surface area contributed by atoms with Gasteiger partial charge in [0.1, 0.15) is 11.9 Å². The van der Waals surface area contributed by atoms with Crippen LogP contribution in [0.3, 0.4) is 0 Å². The van der Waals surface area contributed by atoms with Gasteiger partial charge in [-0.1, -0.05) is 38.1 Å². The van der Waals surface area contributed by atoms with Gasteiger partial charge in [-0.25, -0.2) is 4.39 Å². The summed E-state index contributed by atoms with van der Waals surface area (Å²) in [6.07, 6.45) is 4.28. The first-order valence-electron chi connectivity index (χ1n) is 9.78. The fraction of sp³-hybridized carbons (Fsp3) is 0.208. The summed E-state index contributed by atoms with van der Waals surface area (Å²) in [6, 6.07) is 16.4. The van der Waals surface area contributed by atoms with Crippen molar-refractivity contribution in [3.63, 3.8) is 0 Å². The van der Waals surface area contributed by atoms with Gasteiger partial charge in [0.2, 0.25) is 5.91 Å². The van der Waals surface area contributed by atoms with Gasteiger partial charge in [-0.2, -0.15) is 0 Å². The number of nitrogens with one attached hydrogen (secondary N) is 2. The number of aromatic nitrogens is 1. The summed E-state index contributed by atoms with van der Waals surface area (Å²) in [7, 11) is 0. The number of carbonyl (C=O) groups is 2. The Kier molecular flexibility index (Phi) is 6.91. The molecule has 2 aromatic carbocycles. The molecule has 1 heterocycles.